The molecule has 0 radical (unpaired) electrons. The van der Waals surface area contributed by atoms with Crippen molar-refractivity contribution in [3.05, 3.63) is 35.7 Å². The van der Waals surface area contributed by atoms with Crippen LogP contribution in [0.1, 0.15) is 18.1 Å². The SMILES string of the molecule is CCNc1ncnc(Nc2cc(C#N)ccc2C)c1OC. The quantitative estimate of drug-likeness (QED) is 0.878. The second-order valence-electron chi connectivity index (χ2n) is 4.40. The first-order valence-corrected chi connectivity index (χ1v) is 6.60. The highest BCUT2D eigenvalue weighted by Gasteiger charge is 2.12. The number of hydrogen-bond donors (Lipinski definition) is 2. The Morgan fingerprint density at radius 1 is 1.29 bits per heavy atom. The van der Waals surface area contributed by atoms with Crippen molar-refractivity contribution in [1.82, 2.24) is 9.97 Å². The Kier molecular flexibility index (Phi) is 4.57. The van der Waals surface area contributed by atoms with Gasteiger partial charge in [-0.1, -0.05) is 6.07 Å². The van der Waals surface area contributed by atoms with Crippen LogP contribution in [0.2, 0.25) is 0 Å². The van der Waals surface area contributed by atoms with Gasteiger partial charge in [0.2, 0.25) is 5.75 Å². The van der Waals surface area contributed by atoms with Gasteiger partial charge in [-0.15, -0.1) is 0 Å². The fraction of sp³-hybridized carbons (Fsp3) is 0.267. The molecule has 0 unspecified atom stereocenters. The molecule has 0 aliphatic heterocycles. The van der Waals surface area contributed by atoms with Gasteiger partial charge in [-0.3, -0.25) is 0 Å². The number of rotatable bonds is 5. The van der Waals surface area contributed by atoms with Crippen LogP contribution in [0.3, 0.4) is 0 Å². The van der Waals surface area contributed by atoms with Gasteiger partial charge in [0.15, 0.2) is 11.6 Å². The van der Waals surface area contributed by atoms with Crippen molar-refractivity contribution in [2.45, 2.75) is 13.8 Å². The number of benzene rings is 1. The van der Waals surface area contributed by atoms with Crippen molar-refractivity contribution in [1.29, 1.82) is 5.26 Å². The minimum Gasteiger partial charge on any atom is -0.490 e. The largest absolute Gasteiger partial charge is 0.490 e. The van der Waals surface area contributed by atoms with E-state index in [0.29, 0.717) is 22.9 Å². The molecule has 0 saturated carbocycles. The highest BCUT2D eigenvalue weighted by molar-refractivity contribution is 5.71. The lowest BCUT2D eigenvalue weighted by molar-refractivity contribution is 0.415. The van der Waals surface area contributed by atoms with E-state index in [1.54, 1.807) is 19.2 Å². The molecule has 1 aromatic heterocycles. The number of nitriles is 1. The summed E-state index contributed by atoms with van der Waals surface area (Å²) < 4.78 is 5.38. The second-order valence-corrected chi connectivity index (χ2v) is 4.40. The zero-order chi connectivity index (χ0) is 15.2. The molecule has 2 rings (SSSR count). The van der Waals surface area contributed by atoms with Gasteiger partial charge >= 0.3 is 0 Å². The molecule has 1 heterocycles. The first-order valence-electron chi connectivity index (χ1n) is 6.60. The third-order valence-electron chi connectivity index (χ3n) is 2.97. The van der Waals surface area contributed by atoms with Gasteiger partial charge in [0.05, 0.1) is 18.7 Å². The van der Waals surface area contributed by atoms with E-state index in [1.807, 2.05) is 19.9 Å². The maximum Gasteiger partial charge on any atom is 0.204 e. The van der Waals surface area contributed by atoms with E-state index in [-0.39, 0.29) is 0 Å². The Balaban J connectivity index is 2.40. The number of methoxy groups -OCH3 is 1. The minimum atomic E-state index is 0.543. The predicted octanol–water partition coefficient (Wildman–Crippen LogP) is 2.84. The van der Waals surface area contributed by atoms with Crippen LogP contribution in [-0.2, 0) is 0 Å². The molecule has 2 N–H and O–H groups in total. The Morgan fingerprint density at radius 3 is 2.71 bits per heavy atom. The van der Waals surface area contributed by atoms with Gasteiger partial charge in [-0.2, -0.15) is 5.26 Å². The predicted molar refractivity (Wildman–Crippen MR) is 81.9 cm³/mol. The summed E-state index contributed by atoms with van der Waals surface area (Å²) >= 11 is 0. The molecule has 1 aromatic carbocycles. The molecule has 0 aliphatic rings. The average molecular weight is 283 g/mol. The number of ether oxygens (including phenoxy) is 1. The first kappa shape index (κ1) is 14.6. The van der Waals surface area contributed by atoms with Gasteiger partial charge in [0.25, 0.3) is 0 Å². The summed E-state index contributed by atoms with van der Waals surface area (Å²) in [6, 6.07) is 7.57. The number of nitrogens with one attached hydrogen (secondary N) is 2. The van der Waals surface area contributed by atoms with Gasteiger partial charge in [-0.05, 0) is 31.5 Å². The van der Waals surface area contributed by atoms with Crippen LogP contribution in [0.25, 0.3) is 0 Å². The summed E-state index contributed by atoms with van der Waals surface area (Å²) in [5.74, 6) is 1.73. The van der Waals surface area contributed by atoms with Crippen molar-refractivity contribution in [3.63, 3.8) is 0 Å². The summed E-state index contributed by atoms with van der Waals surface area (Å²) in [6.45, 7) is 4.67. The van der Waals surface area contributed by atoms with Gasteiger partial charge in [-0.25, -0.2) is 9.97 Å². The molecule has 0 aliphatic carbocycles. The van der Waals surface area contributed by atoms with Gasteiger partial charge < -0.3 is 15.4 Å². The standard InChI is InChI=1S/C15H17N5O/c1-4-17-14-13(21-3)15(19-9-18-14)20-12-7-11(8-16)6-5-10(12)2/h5-7,9H,4H2,1-3H3,(H2,17,18,19,20). The molecule has 108 valence electrons. The van der Waals surface area contributed by atoms with E-state index in [9.17, 15) is 0 Å². The van der Waals surface area contributed by atoms with Crippen molar-refractivity contribution >= 4 is 17.3 Å². The third-order valence-corrected chi connectivity index (χ3v) is 2.97. The molecule has 2 aromatic rings. The molecule has 0 spiro atoms. The molecule has 0 atom stereocenters. The zero-order valence-electron chi connectivity index (χ0n) is 12.3. The third kappa shape index (κ3) is 3.20. The summed E-state index contributed by atoms with van der Waals surface area (Å²) in [5, 5.41) is 15.3. The monoisotopic (exact) mass is 283 g/mol. The van der Waals surface area contributed by atoms with Crippen LogP contribution in [0.15, 0.2) is 24.5 Å². The Morgan fingerprint density at radius 2 is 2.05 bits per heavy atom. The molecular formula is C15H17N5O. The second kappa shape index (κ2) is 6.57. The van der Waals surface area contributed by atoms with E-state index in [1.165, 1.54) is 6.33 Å². The van der Waals surface area contributed by atoms with Crippen molar-refractivity contribution < 1.29 is 4.74 Å². The van der Waals surface area contributed by atoms with Crippen LogP contribution in [0, 0.1) is 18.3 Å². The highest BCUT2D eigenvalue weighted by atomic mass is 16.5. The molecule has 6 nitrogen and oxygen atoms in total. The van der Waals surface area contributed by atoms with E-state index in [4.69, 9.17) is 10.00 Å². The maximum absolute atomic E-state index is 9.00. The number of anilines is 3. The number of nitrogens with zero attached hydrogens (tertiary/aromatic N) is 3. The summed E-state index contributed by atoms with van der Waals surface area (Å²) in [5.41, 5.74) is 2.41. The van der Waals surface area contributed by atoms with Gasteiger partial charge in [0.1, 0.15) is 6.33 Å². The van der Waals surface area contributed by atoms with E-state index < -0.39 is 0 Å². The van der Waals surface area contributed by atoms with Crippen molar-refractivity contribution in [2.75, 3.05) is 24.3 Å². The van der Waals surface area contributed by atoms with Crippen LogP contribution in [0.4, 0.5) is 17.3 Å². The zero-order valence-corrected chi connectivity index (χ0v) is 12.3. The lowest BCUT2D eigenvalue weighted by atomic mass is 10.1. The molecule has 0 bridgehead atoms. The summed E-state index contributed by atoms with van der Waals surface area (Å²) in [6.07, 6.45) is 1.46. The Labute approximate surface area is 123 Å². The molecule has 0 saturated heterocycles. The van der Waals surface area contributed by atoms with Crippen molar-refractivity contribution in [3.8, 4) is 11.8 Å². The fourth-order valence-corrected chi connectivity index (χ4v) is 1.90. The maximum atomic E-state index is 9.00. The van der Waals surface area contributed by atoms with Crippen LogP contribution in [-0.4, -0.2) is 23.6 Å². The van der Waals surface area contributed by atoms with Crippen LogP contribution >= 0.6 is 0 Å². The first-order chi connectivity index (χ1) is 10.2. The summed E-state index contributed by atoms with van der Waals surface area (Å²) in [7, 11) is 1.57. The topological polar surface area (TPSA) is 82.9 Å². The average Bonchev–Trinajstić information content (AvgIpc) is 2.50. The minimum absolute atomic E-state index is 0.543. The molecule has 6 heteroatoms. The normalized spacial score (nSPS) is 9.81. The molecule has 0 fully saturated rings. The molecular weight excluding hydrogens is 266 g/mol. The van der Waals surface area contributed by atoms with Crippen LogP contribution in [0.5, 0.6) is 5.75 Å². The van der Waals surface area contributed by atoms with Crippen molar-refractivity contribution in [2.24, 2.45) is 0 Å². The Hall–Kier alpha value is -2.81. The summed E-state index contributed by atoms with van der Waals surface area (Å²) in [4.78, 5) is 8.37. The fourth-order valence-electron chi connectivity index (χ4n) is 1.90. The molecule has 21 heavy (non-hydrogen) atoms. The number of aromatic nitrogens is 2. The smallest absolute Gasteiger partial charge is 0.204 e. The number of aryl methyl sites for hydroxylation is 1. The van der Waals surface area contributed by atoms with E-state index in [2.05, 4.69) is 26.7 Å². The van der Waals surface area contributed by atoms with E-state index >= 15 is 0 Å². The highest BCUT2D eigenvalue weighted by Crippen LogP contribution is 2.32. The lowest BCUT2D eigenvalue weighted by Gasteiger charge is -2.14. The molecule has 0 amide bonds. The van der Waals surface area contributed by atoms with Gasteiger partial charge in [0, 0.05) is 12.2 Å². The number of hydrogen-bond acceptors (Lipinski definition) is 6. The lowest BCUT2D eigenvalue weighted by Crippen LogP contribution is -2.06. The van der Waals surface area contributed by atoms with Crippen LogP contribution < -0.4 is 15.4 Å². The Bertz CT molecular complexity index is 678. The van der Waals surface area contributed by atoms with E-state index in [0.717, 1.165) is 17.8 Å².